The monoisotopic (exact) mass is 382 g/mol. The summed E-state index contributed by atoms with van der Waals surface area (Å²) in [7, 11) is 0. The number of carbonyl (C=O) groups is 1. The van der Waals surface area contributed by atoms with E-state index in [-0.39, 0.29) is 18.0 Å². The largest absolute Gasteiger partial charge is 0.462 e. The molecule has 0 heterocycles. The topological polar surface area (TPSA) is 44.8 Å². The van der Waals surface area contributed by atoms with Crippen LogP contribution < -0.4 is 0 Å². The highest BCUT2D eigenvalue weighted by molar-refractivity contribution is 5.72. The van der Waals surface area contributed by atoms with Crippen LogP contribution in [0.5, 0.6) is 0 Å². The molecule has 0 N–H and O–H groups in total. The maximum atomic E-state index is 12.5. The van der Waals surface area contributed by atoms with Crippen molar-refractivity contribution in [3.8, 4) is 0 Å². The summed E-state index contributed by atoms with van der Waals surface area (Å²) in [6, 6.07) is 0. The summed E-state index contributed by atoms with van der Waals surface area (Å²) in [5.74, 6) is 0.120. The van der Waals surface area contributed by atoms with Crippen molar-refractivity contribution in [2.45, 2.75) is 122 Å². The molecule has 4 heteroatoms. The molecular formula is C23H42O4. The Morgan fingerprint density at radius 3 is 1.85 bits per heavy atom. The normalized spacial score (nSPS) is 28.8. The molecule has 0 spiro atoms. The van der Waals surface area contributed by atoms with E-state index in [1.54, 1.807) is 0 Å². The quantitative estimate of drug-likeness (QED) is 0.315. The second kappa shape index (κ2) is 13.5. The number of hydrogen-bond acceptors (Lipinski definition) is 4. The van der Waals surface area contributed by atoms with E-state index in [1.807, 2.05) is 0 Å². The van der Waals surface area contributed by atoms with Crippen LogP contribution in [0.1, 0.15) is 104 Å². The molecule has 2 saturated carbocycles. The number of rotatable bonds is 12. The van der Waals surface area contributed by atoms with Crippen LogP contribution in [0.15, 0.2) is 0 Å². The third-order valence-corrected chi connectivity index (χ3v) is 6.07. The highest BCUT2D eigenvalue weighted by atomic mass is 16.5. The first kappa shape index (κ1) is 22.7. The summed E-state index contributed by atoms with van der Waals surface area (Å²) in [6.07, 6.45) is 16.1. The van der Waals surface area contributed by atoms with Crippen molar-refractivity contribution < 1.29 is 19.0 Å². The predicted molar refractivity (Wildman–Crippen MR) is 109 cm³/mol. The van der Waals surface area contributed by atoms with Crippen LogP contribution in [-0.4, -0.2) is 37.5 Å². The van der Waals surface area contributed by atoms with Gasteiger partial charge in [-0.15, -0.1) is 0 Å². The SMILES string of the molecule is CCCCCCCOC1CCC(C(=O)OC2CCC(OCCC)CC2)CC1. The first-order chi connectivity index (χ1) is 13.2. The molecule has 0 saturated heterocycles. The Morgan fingerprint density at radius 2 is 1.22 bits per heavy atom. The van der Waals surface area contributed by atoms with Crippen LogP contribution in [0, 0.1) is 5.92 Å². The first-order valence-corrected chi connectivity index (χ1v) is 11.7. The Balaban J connectivity index is 1.53. The highest BCUT2D eigenvalue weighted by Gasteiger charge is 2.31. The number of hydrogen-bond donors (Lipinski definition) is 0. The Bertz CT molecular complexity index is 382. The summed E-state index contributed by atoms with van der Waals surface area (Å²) in [4.78, 5) is 12.5. The number of ether oxygens (including phenoxy) is 3. The molecule has 4 nitrogen and oxygen atoms in total. The fourth-order valence-corrected chi connectivity index (χ4v) is 4.28. The highest BCUT2D eigenvalue weighted by Crippen LogP contribution is 2.30. The van der Waals surface area contributed by atoms with Crippen molar-refractivity contribution in [3.05, 3.63) is 0 Å². The molecule has 2 aliphatic carbocycles. The van der Waals surface area contributed by atoms with Gasteiger partial charge in [-0.2, -0.15) is 0 Å². The fraction of sp³-hybridized carbons (Fsp3) is 0.957. The second-order valence-corrected chi connectivity index (χ2v) is 8.47. The maximum absolute atomic E-state index is 12.5. The van der Waals surface area contributed by atoms with Gasteiger partial charge in [0.05, 0.1) is 18.1 Å². The van der Waals surface area contributed by atoms with E-state index in [9.17, 15) is 4.79 Å². The molecule has 27 heavy (non-hydrogen) atoms. The molecule has 0 unspecified atom stereocenters. The smallest absolute Gasteiger partial charge is 0.309 e. The summed E-state index contributed by atoms with van der Waals surface area (Å²) in [5.41, 5.74) is 0. The lowest BCUT2D eigenvalue weighted by Gasteiger charge is -2.31. The average Bonchev–Trinajstić information content (AvgIpc) is 2.70. The number of carbonyl (C=O) groups excluding carboxylic acids is 1. The lowest BCUT2D eigenvalue weighted by atomic mass is 9.87. The van der Waals surface area contributed by atoms with Gasteiger partial charge in [0.1, 0.15) is 6.10 Å². The van der Waals surface area contributed by atoms with E-state index in [2.05, 4.69) is 13.8 Å². The van der Waals surface area contributed by atoms with Crippen molar-refractivity contribution in [1.82, 2.24) is 0 Å². The predicted octanol–water partition coefficient (Wildman–Crippen LogP) is 5.81. The third-order valence-electron chi connectivity index (χ3n) is 6.07. The van der Waals surface area contributed by atoms with Crippen molar-refractivity contribution in [3.63, 3.8) is 0 Å². The van der Waals surface area contributed by atoms with Crippen molar-refractivity contribution in [2.24, 2.45) is 5.92 Å². The molecule has 2 fully saturated rings. The van der Waals surface area contributed by atoms with Gasteiger partial charge < -0.3 is 14.2 Å². The van der Waals surface area contributed by atoms with Crippen LogP contribution in [0.3, 0.4) is 0 Å². The second-order valence-electron chi connectivity index (χ2n) is 8.47. The zero-order valence-corrected chi connectivity index (χ0v) is 17.8. The van der Waals surface area contributed by atoms with Gasteiger partial charge in [-0.1, -0.05) is 39.5 Å². The molecule has 0 aromatic heterocycles. The maximum Gasteiger partial charge on any atom is 0.309 e. The van der Waals surface area contributed by atoms with Crippen LogP contribution in [0.4, 0.5) is 0 Å². The van der Waals surface area contributed by atoms with E-state index in [0.717, 1.165) is 71.0 Å². The fourth-order valence-electron chi connectivity index (χ4n) is 4.28. The first-order valence-electron chi connectivity index (χ1n) is 11.7. The van der Waals surface area contributed by atoms with Crippen LogP contribution >= 0.6 is 0 Å². The molecule has 2 aliphatic rings. The molecule has 0 amide bonds. The van der Waals surface area contributed by atoms with Gasteiger partial charge in [0.25, 0.3) is 0 Å². The van der Waals surface area contributed by atoms with E-state index in [0.29, 0.717) is 12.2 Å². The summed E-state index contributed by atoms with van der Waals surface area (Å²) < 4.78 is 17.7. The van der Waals surface area contributed by atoms with E-state index in [1.165, 1.54) is 32.1 Å². The van der Waals surface area contributed by atoms with Gasteiger partial charge >= 0.3 is 5.97 Å². The Labute approximate surface area is 166 Å². The molecular weight excluding hydrogens is 340 g/mol. The molecule has 0 aromatic rings. The molecule has 0 aromatic carbocycles. The van der Waals surface area contributed by atoms with Gasteiger partial charge in [-0.3, -0.25) is 4.79 Å². The van der Waals surface area contributed by atoms with E-state index < -0.39 is 0 Å². The number of esters is 1. The zero-order chi connectivity index (χ0) is 19.3. The summed E-state index contributed by atoms with van der Waals surface area (Å²) in [5, 5.41) is 0. The van der Waals surface area contributed by atoms with Gasteiger partial charge in [-0.05, 0) is 64.2 Å². The molecule has 0 radical (unpaired) electrons. The van der Waals surface area contributed by atoms with Crippen LogP contribution in [-0.2, 0) is 19.0 Å². The summed E-state index contributed by atoms with van der Waals surface area (Å²) in [6.45, 7) is 6.11. The lowest BCUT2D eigenvalue weighted by molar-refractivity contribution is -0.159. The Hall–Kier alpha value is -0.610. The van der Waals surface area contributed by atoms with Crippen molar-refractivity contribution in [1.29, 1.82) is 0 Å². The minimum atomic E-state index is 0.0333. The van der Waals surface area contributed by atoms with Crippen molar-refractivity contribution in [2.75, 3.05) is 13.2 Å². The van der Waals surface area contributed by atoms with Gasteiger partial charge in [-0.25, -0.2) is 0 Å². The Kier molecular flexibility index (Phi) is 11.4. The average molecular weight is 383 g/mol. The molecule has 158 valence electrons. The van der Waals surface area contributed by atoms with Gasteiger partial charge in [0, 0.05) is 13.2 Å². The summed E-state index contributed by atoms with van der Waals surface area (Å²) >= 11 is 0. The standard InChI is InChI=1S/C23H42O4/c1-3-5-6-7-8-18-26-20-11-9-19(10-12-20)23(24)27-22-15-13-21(14-16-22)25-17-4-2/h19-22H,3-18H2,1-2H3. The molecule has 0 bridgehead atoms. The van der Waals surface area contributed by atoms with Crippen LogP contribution in [0.2, 0.25) is 0 Å². The van der Waals surface area contributed by atoms with Crippen molar-refractivity contribution >= 4 is 5.97 Å². The third kappa shape index (κ3) is 8.95. The van der Waals surface area contributed by atoms with Gasteiger partial charge in [0.2, 0.25) is 0 Å². The lowest BCUT2D eigenvalue weighted by Crippen LogP contribution is -2.33. The number of unbranched alkanes of at least 4 members (excludes halogenated alkanes) is 4. The molecule has 2 rings (SSSR count). The minimum absolute atomic E-state index is 0.0333. The minimum Gasteiger partial charge on any atom is -0.462 e. The molecule has 0 aliphatic heterocycles. The van der Waals surface area contributed by atoms with Gasteiger partial charge in [0.15, 0.2) is 0 Å². The van der Waals surface area contributed by atoms with E-state index >= 15 is 0 Å². The zero-order valence-electron chi connectivity index (χ0n) is 17.8. The Morgan fingerprint density at radius 1 is 0.667 bits per heavy atom. The van der Waals surface area contributed by atoms with Crippen LogP contribution in [0.25, 0.3) is 0 Å². The van der Waals surface area contributed by atoms with E-state index in [4.69, 9.17) is 14.2 Å². The molecule has 0 atom stereocenters.